The normalized spacial score (nSPS) is 12.8. The van der Waals surface area contributed by atoms with Crippen molar-refractivity contribution >= 4 is 11.9 Å². The highest BCUT2D eigenvalue weighted by molar-refractivity contribution is 5.94. The van der Waals surface area contributed by atoms with Crippen LogP contribution in [0.15, 0.2) is 17.1 Å². The zero-order valence-corrected chi connectivity index (χ0v) is 12.8. The fraction of sp³-hybridized carbons (Fsp3) is 0.533. The second-order valence-electron chi connectivity index (χ2n) is 6.43. The van der Waals surface area contributed by atoms with Gasteiger partial charge in [0, 0.05) is 24.0 Å². The molecule has 0 bridgehead atoms. The van der Waals surface area contributed by atoms with E-state index in [0.29, 0.717) is 12.1 Å². The summed E-state index contributed by atoms with van der Waals surface area (Å²) in [5.74, 6) is -1.53. The number of carboxylic acid groups (broad SMARTS) is 1. The zero-order valence-electron chi connectivity index (χ0n) is 12.8. The molecule has 0 aliphatic rings. The van der Waals surface area contributed by atoms with Crippen molar-refractivity contribution in [2.75, 3.05) is 0 Å². The van der Waals surface area contributed by atoms with Crippen LogP contribution in [0.25, 0.3) is 0 Å². The largest absolute Gasteiger partial charge is 0.481 e. The van der Waals surface area contributed by atoms with Gasteiger partial charge in [-0.2, -0.15) is 0 Å². The van der Waals surface area contributed by atoms with Gasteiger partial charge in [0.15, 0.2) is 5.43 Å². The summed E-state index contributed by atoms with van der Waals surface area (Å²) in [7, 11) is 0. The van der Waals surface area contributed by atoms with Gasteiger partial charge in [-0.05, 0) is 18.8 Å². The van der Waals surface area contributed by atoms with E-state index >= 15 is 0 Å². The van der Waals surface area contributed by atoms with E-state index in [1.54, 1.807) is 6.92 Å². The molecule has 1 atom stereocenters. The van der Waals surface area contributed by atoms with Crippen LogP contribution in [0.3, 0.4) is 0 Å². The van der Waals surface area contributed by atoms with Gasteiger partial charge in [0.1, 0.15) is 5.56 Å². The fourth-order valence-electron chi connectivity index (χ4n) is 2.14. The zero-order chi connectivity index (χ0) is 16.2. The second-order valence-corrected chi connectivity index (χ2v) is 6.43. The Morgan fingerprint density at radius 2 is 2.00 bits per heavy atom. The number of carboxylic acids is 1. The van der Waals surface area contributed by atoms with Crippen molar-refractivity contribution in [3.8, 4) is 0 Å². The molecule has 0 spiro atoms. The standard InChI is InChI=1S/C15H22N2O4/c1-9-5-12(18)11(8-16-9)14(21)17-10(6-13(19)20)7-15(2,3)4/h5,8,10H,6-7H2,1-4H3,(H,16,18)(H,17,21)(H,19,20). The van der Waals surface area contributed by atoms with Crippen LogP contribution in [0.2, 0.25) is 0 Å². The highest BCUT2D eigenvalue weighted by Crippen LogP contribution is 2.22. The number of aromatic amines is 1. The minimum atomic E-state index is -0.984. The molecule has 6 nitrogen and oxygen atoms in total. The van der Waals surface area contributed by atoms with Crippen molar-refractivity contribution in [3.05, 3.63) is 33.7 Å². The van der Waals surface area contributed by atoms with E-state index in [4.69, 9.17) is 5.11 Å². The SMILES string of the molecule is Cc1cc(=O)c(C(=O)NC(CC(=O)O)CC(C)(C)C)c[nH]1. The van der Waals surface area contributed by atoms with Crippen molar-refractivity contribution in [1.82, 2.24) is 10.3 Å². The van der Waals surface area contributed by atoms with Gasteiger partial charge >= 0.3 is 5.97 Å². The summed E-state index contributed by atoms with van der Waals surface area (Å²) in [5, 5.41) is 11.6. The summed E-state index contributed by atoms with van der Waals surface area (Å²) in [5.41, 5.74) is 0.138. The third-order valence-electron chi connectivity index (χ3n) is 2.92. The molecule has 6 heteroatoms. The first kappa shape index (κ1) is 16.9. The first-order chi connectivity index (χ1) is 9.58. The second kappa shape index (κ2) is 6.56. The number of rotatable bonds is 5. The molecule has 1 amide bonds. The van der Waals surface area contributed by atoms with Crippen molar-refractivity contribution in [3.63, 3.8) is 0 Å². The lowest BCUT2D eigenvalue weighted by Crippen LogP contribution is -2.40. The van der Waals surface area contributed by atoms with Gasteiger partial charge < -0.3 is 15.4 Å². The Morgan fingerprint density at radius 1 is 1.38 bits per heavy atom. The van der Waals surface area contributed by atoms with Crippen LogP contribution in [0.1, 0.15) is 49.7 Å². The number of amides is 1. The fourth-order valence-corrected chi connectivity index (χ4v) is 2.14. The lowest BCUT2D eigenvalue weighted by Gasteiger charge is -2.25. The average molecular weight is 294 g/mol. The highest BCUT2D eigenvalue weighted by atomic mass is 16.4. The minimum absolute atomic E-state index is 0.00935. The lowest BCUT2D eigenvalue weighted by atomic mass is 9.87. The Bertz CT molecular complexity index is 584. The maximum Gasteiger partial charge on any atom is 0.305 e. The van der Waals surface area contributed by atoms with Crippen molar-refractivity contribution < 1.29 is 14.7 Å². The summed E-state index contributed by atoms with van der Waals surface area (Å²) in [6, 6.07) is 0.820. The van der Waals surface area contributed by atoms with E-state index in [1.807, 2.05) is 20.8 Å². The third-order valence-corrected chi connectivity index (χ3v) is 2.92. The molecule has 0 saturated carbocycles. The maximum atomic E-state index is 12.1. The minimum Gasteiger partial charge on any atom is -0.481 e. The Morgan fingerprint density at radius 3 is 2.48 bits per heavy atom. The van der Waals surface area contributed by atoms with Gasteiger partial charge in [0.2, 0.25) is 0 Å². The van der Waals surface area contributed by atoms with E-state index in [2.05, 4.69) is 10.3 Å². The summed E-state index contributed by atoms with van der Waals surface area (Å²) in [6.07, 6.45) is 1.68. The Kier molecular flexibility index (Phi) is 5.29. The van der Waals surface area contributed by atoms with Crippen LogP contribution in [-0.4, -0.2) is 28.0 Å². The number of aromatic nitrogens is 1. The first-order valence-electron chi connectivity index (χ1n) is 6.80. The number of H-pyrrole nitrogens is 1. The van der Waals surface area contributed by atoms with Gasteiger partial charge in [0.25, 0.3) is 5.91 Å². The van der Waals surface area contributed by atoms with Gasteiger partial charge in [-0.1, -0.05) is 20.8 Å². The van der Waals surface area contributed by atoms with Crippen molar-refractivity contribution in [2.24, 2.45) is 5.41 Å². The molecule has 0 aliphatic heterocycles. The van der Waals surface area contributed by atoms with Crippen LogP contribution in [0.4, 0.5) is 0 Å². The van der Waals surface area contributed by atoms with Crippen LogP contribution in [0.5, 0.6) is 0 Å². The number of aliphatic carboxylic acids is 1. The number of nitrogens with one attached hydrogen (secondary N) is 2. The maximum absolute atomic E-state index is 12.1. The number of carbonyl (C=O) groups excluding carboxylic acids is 1. The monoisotopic (exact) mass is 294 g/mol. The number of pyridine rings is 1. The van der Waals surface area contributed by atoms with Crippen LogP contribution in [-0.2, 0) is 4.79 Å². The van der Waals surface area contributed by atoms with E-state index in [-0.39, 0.29) is 22.8 Å². The molecule has 21 heavy (non-hydrogen) atoms. The first-order valence-corrected chi connectivity index (χ1v) is 6.80. The number of aryl methyl sites for hydroxylation is 1. The Balaban J connectivity index is 2.89. The topological polar surface area (TPSA) is 99.3 Å². The summed E-state index contributed by atoms with van der Waals surface area (Å²) < 4.78 is 0. The predicted molar refractivity (Wildman–Crippen MR) is 79.4 cm³/mol. The molecule has 1 heterocycles. The lowest BCUT2D eigenvalue weighted by molar-refractivity contribution is -0.137. The smallest absolute Gasteiger partial charge is 0.305 e. The molecule has 1 rings (SSSR count). The molecule has 1 unspecified atom stereocenters. The van der Waals surface area contributed by atoms with Crippen LogP contribution >= 0.6 is 0 Å². The van der Waals surface area contributed by atoms with Crippen LogP contribution in [0, 0.1) is 12.3 Å². The Labute approximate surface area is 123 Å². The van der Waals surface area contributed by atoms with Gasteiger partial charge in [-0.3, -0.25) is 14.4 Å². The number of carbonyl (C=O) groups is 2. The molecule has 0 aromatic carbocycles. The molecule has 1 aromatic heterocycles. The van der Waals surface area contributed by atoms with E-state index in [0.717, 1.165) is 0 Å². The Hall–Kier alpha value is -2.11. The van der Waals surface area contributed by atoms with Gasteiger partial charge in [-0.15, -0.1) is 0 Å². The molecular weight excluding hydrogens is 272 g/mol. The molecule has 1 aromatic rings. The van der Waals surface area contributed by atoms with Crippen molar-refractivity contribution in [1.29, 1.82) is 0 Å². The quantitative estimate of drug-likeness (QED) is 0.769. The van der Waals surface area contributed by atoms with Crippen molar-refractivity contribution in [2.45, 2.75) is 46.6 Å². The molecule has 0 saturated heterocycles. The van der Waals surface area contributed by atoms with E-state index in [1.165, 1.54) is 12.3 Å². The summed E-state index contributed by atoms with van der Waals surface area (Å²) in [6.45, 7) is 7.61. The van der Waals surface area contributed by atoms with Gasteiger partial charge in [0.05, 0.1) is 6.42 Å². The third kappa shape index (κ3) is 5.81. The van der Waals surface area contributed by atoms with E-state index < -0.39 is 17.9 Å². The molecule has 0 aliphatic carbocycles. The average Bonchev–Trinajstić information content (AvgIpc) is 2.24. The highest BCUT2D eigenvalue weighted by Gasteiger charge is 2.24. The van der Waals surface area contributed by atoms with Gasteiger partial charge in [-0.25, -0.2) is 0 Å². The number of hydrogen-bond donors (Lipinski definition) is 3. The van der Waals surface area contributed by atoms with Crippen LogP contribution < -0.4 is 10.7 Å². The molecule has 0 fully saturated rings. The number of hydrogen-bond acceptors (Lipinski definition) is 3. The molecular formula is C15H22N2O4. The van der Waals surface area contributed by atoms with E-state index in [9.17, 15) is 14.4 Å². The molecule has 0 radical (unpaired) electrons. The predicted octanol–water partition coefficient (Wildman–Crippen LogP) is 1.69. The summed E-state index contributed by atoms with van der Waals surface area (Å²) >= 11 is 0. The molecule has 116 valence electrons. The summed E-state index contributed by atoms with van der Waals surface area (Å²) in [4.78, 5) is 37.6. The molecule has 3 N–H and O–H groups in total.